The molecule has 6 heteroatoms. The summed E-state index contributed by atoms with van der Waals surface area (Å²) in [5.41, 5.74) is 1.15. The van der Waals surface area contributed by atoms with Crippen molar-refractivity contribution < 1.29 is 14.6 Å². The maximum Gasteiger partial charge on any atom is 0.154 e. The molecule has 0 bridgehead atoms. The van der Waals surface area contributed by atoms with Crippen LogP contribution in [0.4, 0.5) is 5.82 Å². The Morgan fingerprint density at radius 1 is 1.12 bits per heavy atom. The Hall–Kier alpha value is -2.18. The highest BCUT2D eigenvalue weighted by atomic mass is 16.5. The number of nitrogens with zero attached hydrogens (tertiary/aromatic N) is 3. The Kier molecular flexibility index (Phi) is 5.98. The summed E-state index contributed by atoms with van der Waals surface area (Å²) in [5, 5.41) is 17.7. The normalized spacial score (nSPS) is 15.5. The third-order valence-electron chi connectivity index (χ3n) is 4.01. The largest absolute Gasteiger partial charge is 0.489 e. The predicted octanol–water partition coefficient (Wildman–Crippen LogP) is 2.03. The molecule has 1 fully saturated rings. The van der Waals surface area contributed by atoms with Gasteiger partial charge in [-0.1, -0.05) is 30.3 Å². The summed E-state index contributed by atoms with van der Waals surface area (Å²) >= 11 is 0. The molecule has 0 aliphatic carbocycles. The molecule has 3 rings (SSSR count). The molecular weight excluding hydrogens is 306 g/mol. The minimum absolute atomic E-state index is 0.199. The van der Waals surface area contributed by atoms with E-state index in [9.17, 15) is 5.11 Å². The molecule has 1 saturated heterocycles. The molecule has 0 atom stereocenters. The summed E-state index contributed by atoms with van der Waals surface area (Å²) in [4.78, 5) is 2.12. The van der Waals surface area contributed by atoms with Gasteiger partial charge in [0, 0.05) is 19.2 Å². The number of benzene rings is 1. The molecule has 1 N–H and O–H groups in total. The number of aromatic nitrogens is 2. The second kappa shape index (κ2) is 8.61. The zero-order valence-electron chi connectivity index (χ0n) is 13.7. The third-order valence-corrected chi connectivity index (χ3v) is 4.01. The molecule has 0 amide bonds. The lowest BCUT2D eigenvalue weighted by Gasteiger charge is -2.30. The molecule has 1 aromatic carbocycles. The minimum Gasteiger partial charge on any atom is -0.489 e. The quantitative estimate of drug-likeness (QED) is 0.784. The maximum atomic E-state index is 9.58. The van der Waals surface area contributed by atoms with Gasteiger partial charge in [-0.2, -0.15) is 5.10 Å². The first-order valence-corrected chi connectivity index (χ1v) is 8.31. The molecular formula is C18H23N3O3. The fraction of sp³-hybridized carbons (Fsp3) is 0.444. The van der Waals surface area contributed by atoms with E-state index in [1.165, 1.54) is 0 Å². The van der Waals surface area contributed by atoms with E-state index in [1.54, 1.807) is 6.20 Å². The molecule has 1 aliphatic rings. The highest BCUT2D eigenvalue weighted by Crippen LogP contribution is 2.20. The number of aliphatic hydroxyl groups excluding tert-OH is 1. The number of anilines is 1. The molecule has 0 unspecified atom stereocenters. The van der Waals surface area contributed by atoms with E-state index < -0.39 is 0 Å². The van der Waals surface area contributed by atoms with Crippen molar-refractivity contribution in [1.82, 2.24) is 10.2 Å². The Balaban J connectivity index is 1.41. The molecule has 0 spiro atoms. The summed E-state index contributed by atoms with van der Waals surface area (Å²) in [7, 11) is 0. The van der Waals surface area contributed by atoms with Gasteiger partial charge in [0.25, 0.3) is 0 Å². The van der Waals surface area contributed by atoms with Crippen LogP contribution in [0.5, 0.6) is 5.75 Å². The number of aliphatic hydroxyl groups is 1. The van der Waals surface area contributed by atoms with Crippen molar-refractivity contribution in [3.63, 3.8) is 0 Å². The van der Waals surface area contributed by atoms with E-state index in [2.05, 4.69) is 15.1 Å². The topological polar surface area (TPSA) is 67.7 Å². The van der Waals surface area contributed by atoms with Crippen LogP contribution < -0.4 is 9.64 Å². The maximum absolute atomic E-state index is 9.58. The van der Waals surface area contributed by atoms with Crippen molar-refractivity contribution in [3.8, 4) is 5.75 Å². The van der Waals surface area contributed by atoms with Gasteiger partial charge in [0.1, 0.15) is 12.4 Å². The van der Waals surface area contributed by atoms with Gasteiger partial charge in [-0.15, -0.1) is 5.10 Å². The molecule has 1 aliphatic heterocycles. The van der Waals surface area contributed by atoms with E-state index in [0.717, 1.165) is 37.3 Å². The number of ether oxygens (including phenoxy) is 2. The summed E-state index contributed by atoms with van der Waals surface area (Å²) in [6.45, 7) is 3.15. The number of rotatable bonds is 7. The van der Waals surface area contributed by atoms with Crippen molar-refractivity contribution >= 4 is 5.82 Å². The first kappa shape index (κ1) is 16.7. The van der Waals surface area contributed by atoms with Crippen LogP contribution in [0, 0.1) is 0 Å². The van der Waals surface area contributed by atoms with Gasteiger partial charge in [0.2, 0.25) is 0 Å². The lowest BCUT2D eigenvalue weighted by molar-refractivity contribution is 0.0887. The highest BCUT2D eigenvalue weighted by molar-refractivity contribution is 5.42. The monoisotopic (exact) mass is 329 g/mol. The summed E-state index contributed by atoms with van der Waals surface area (Å²) < 4.78 is 11.3. The SMILES string of the molecule is OC1CCN(c2cc(OCCOCc3ccccc3)cnn2)CC1. The van der Waals surface area contributed by atoms with Crippen molar-refractivity contribution in [2.45, 2.75) is 25.6 Å². The van der Waals surface area contributed by atoms with Gasteiger partial charge >= 0.3 is 0 Å². The summed E-state index contributed by atoms with van der Waals surface area (Å²) in [6, 6.07) is 12.0. The van der Waals surface area contributed by atoms with Crippen LogP contribution in [-0.4, -0.2) is 47.7 Å². The first-order chi connectivity index (χ1) is 11.8. The fourth-order valence-corrected chi connectivity index (χ4v) is 2.65. The van der Waals surface area contributed by atoms with Crippen LogP contribution in [0.1, 0.15) is 18.4 Å². The molecule has 2 aromatic rings. The standard InChI is InChI=1S/C18H23N3O3/c22-16-6-8-21(9-7-16)18-12-17(13-19-20-18)24-11-10-23-14-15-4-2-1-3-5-15/h1-5,12-13,16,22H,6-11,14H2. The Bertz CT molecular complexity index is 616. The van der Waals surface area contributed by atoms with E-state index in [0.29, 0.717) is 25.6 Å². The predicted molar refractivity (Wildman–Crippen MR) is 91.1 cm³/mol. The van der Waals surface area contributed by atoms with Gasteiger partial charge in [-0.05, 0) is 18.4 Å². The zero-order chi connectivity index (χ0) is 16.6. The summed E-state index contributed by atoms with van der Waals surface area (Å²) in [6.07, 6.45) is 2.94. The van der Waals surface area contributed by atoms with Gasteiger partial charge < -0.3 is 19.5 Å². The lowest BCUT2D eigenvalue weighted by atomic mass is 10.1. The Labute approximate surface area is 142 Å². The molecule has 1 aromatic heterocycles. The van der Waals surface area contributed by atoms with E-state index >= 15 is 0 Å². The molecule has 2 heterocycles. The highest BCUT2D eigenvalue weighted by Gasteiger charge is 2.18. The number of piperidine rings is 1. The number of hydrogen-bond acceptors (Lipinski definition) is 6. The fourth-order valence-electron chi connectivity index (χ4n) is 2.65. The Morgan fingerprint density at radius 2 is 1.92 bits per heavy atom. The van der Waals surface area contributed by atoms with Crippen LogP contribution in [0.25, 0.3) is 0 Å². The minimum atomic E-state index is -0.199. The van der Waals surface area contributed by atoms with Crippen LogP contribution in [-0.2, 0) is 11.3 Å². The second-order valence-corrected chi connectivity index (χ2v) is 5.85. The molecule has 6 nitrogen and oxygen atoms in total. The van der Waals surface area contributed by atoms with Crippen LogP contribution in [0.2, 0.25) is 0 Å². The van der Waals surface area contributed by atoms with Gasteiger partial charge in [-0.3, -0.25) is 0 Å². The summed E-state index contributed by atoms with van der Waals surface area (Å²) in [5.74, 6) is 1.49. The smallest absolute Gasteiger partial charge is 0.154 e. The van der Waals surface area contributed by atoms with Crippen molar-refractivity contribution in [2.75, 3.05) is 31.2 Å². The van der Waals surface area contributed by atoms with Gasteiger partial charge in [0.05, 0.1) is 25.5 Å². The average molecular weight is 329 g/mol. The molecule has 128 valence electrons. The van der Waals surface area contributed by atoms with Crippen LogP contribution >= 0.6 is 0 Å². The lowest BCUT2D eigenvalue weighted by Crippen LogP contribution is -2.36. The van der Waals surface area contributed by atoms with E-state index in [-0.39, 0.29) is 6.10 Å². The van der Waals surface area contributed by atoms with Gasteiger partial charge in [0.15, 0.2) is 5.82 Å². The van der Waals surface area contributed by atoms with E-state index in [1.807, 2.05) is 36.4 Å². The van der Waals surface area contributed by atoms with Crippen LogP contribution in [0.15, 0.2) is 42.6 Å². The van der Waals surface area contributed by atoms with Crippen molar-refractivity contribution in [2.24, 2.45) is 0 Å². The second-order valence-electron chi connectivity index (χ2n) is 5.85. The van der Waals surface area contributed by atoms with E-state index in [4.69, 9.17) is 9.47 Å². The van der Waals surface area contributed by atoms with Gasteiger partial charge in [-0.25, -0.2) is 0 Å². The molecule has 0 saturated carbocycles. The van der Waals surface area contributed by atoms with Crippen molar-refractivity contribution in [1.29, 1.82) is 0 Å². The zero-order valence-corrected chi connectivity index (χ0v) is 13.7. The molecule has 0 radical (unpaired) electrons. The third kappa shape index (κ3) is 4.91. The van der Waals surface area contributed by atoms with Crippen molar-refractivity contribution in [3.05, 3.63) is 48.2 Å². The Morgan fingerprint density at radius 3 is 2.71 bits per heavy atom. The number of hydrogen-bond donors (Lipinski definition) is 1. The average Bonchev–Trinajstić information content (AvgIpc) is 2.63. The first-order valence-electron chi connectivity index (χ1n) is 8.31. The van der Waals surface area contributed by atoms with Crippen LogP contribution in [0.3, 0.4) is 0 Å². The molecule has 24 heavy (non-hydrogen) atoms.